The highest BCUT2D eigenvalue weighted by molar-refractivity contribution is 5.94. The SMILES string of the molecule is CCNC(=NCc1ccc(C(=O)NC(C)CC)cc1)N(C)Cc1cn(C)nc1C(C)C. The van der Waals surface area contributed by atoms with Crippen molar-refractivity contribution in [3.05, 3.63) is 52.8 Å². The molecule has 0 aliphatic rings. The summed E-state index contributed by atoms with van der Waals surface area (Å²) in [6.45, 7) is 12.5. The van der Waals surface area contributed by atoms with Crippen molar-refractivity contribution in [2.45, 2.75) is 66.1 Å². The fraction of sp³-hybridized carbons (Fsp3) is 0.542. The molecule has 2 aromatic rings. The Bertz CT molecular complexity index is 869. The molecule has 170 valence electrons. The molecule has 0 saturated carbocycles. The summed E-state index contributed by atoms with van der Waals surface area (Å²) < 4.78 is 1.88. The van der Waals surface area contributed by atoms with Crippen LogP contribution in [0.15, 0.2) is 35.5 Å². The minimum absolute atomic E-state index is 0.0325. The second-order valence-corrected chi connectivity index (χ2v) is 8.37. The number of hydrogen-bond donors (Lipinski definition) is 2. The third-order valence-electron chi connectivity index (χ3n) is 5.21. The Morgan fingerprint density at radius 2 is 1.87 bits per heavy atom. The quantitative estimate of drug-likeness (QED) is 0.474. The Kier molecular flexibility index (Phi) is 9.09. The van der Waals surface area contributed by atoms with Crippen LogP contribution < -0.4 is 10.6 Å². The zero-order chi connectivity index (χ0) is 23.0. The van der Waals surface area contributed by atoms with E-state index in [1.54, 1.807) is 0 Å². The van der Waals surface area contributed by atoms with Crippen molar-refractivity contribution in [1.29, 1.82) is 0 Å². The van der Waals surface area contributed by atoms with Crippen LogP contribution in [0.4, 0.5) is 0 Å². The van der Waals surface area contributed by atoms with Crippen LogP contribution in [0.3, 0.4) is 0 Å². The van der Waals surface area contributed by atoms with E-state index in [4.69, 9.17) is 4.99 Å². The van der Waals surface area contributed by atoms with E-state index in [-0.39, 0.29) is 11.9 Å². The van der Waals surface area contributed by atoms with Crippen LogP contribution in [-0.2, 0) is 20.1 Å². The van der Waals surface area contributed by atoms with Gasteiger partial charge in [-0.25, -0.2) is 4.99 Å². The van der Waals surface area contributed by atoms with Gasteiger partial charge in [-0.15, -0.1) is 0 Å². The number of carbonyl (C=O) groups excluding carboxylic acids is 1. The van der Waals surface area contributed by atoms with Crippen molar-refractivity contribution in [3.8, 4) is 0 Å². The van der Waals surface area contributed by atoms with Gasteiger partial charge in [0.05, 0.1) is 12.2 Å². The third kappa shape index (κ3) is 7.12. The normalized spacial score (nSPS) is 12.7. The molecule has 1 heterocycles. The van der Waals surface area contributed by atoms with E-state index in [0.29, 0.717) is 18.0 Å². The molecule has 0 bridgehead atoms. The Balaban J connectivity index is 2.07. The molecule has 1 aromatic carbocycles. The van der Waals surface area contributed by atoms with Gasteiger partial charge >= 0.3 is 0 Å². The molecule has 1 unspecified atom stereocenters. The Morgan fingerprint density at radius 1 is 1.19 bits per heavy atom. The van der Waals surface area contributed by atoms with Gasteiger partial charge in [0.1, 0.15) is 0 Å². The van der Waals surface area contributed by atoms with Gasteiger partial charge in [0.25, 0.3) is 5.91 Å². The lowest BCUT2D eigenvalue weighted by Gasteiger charge is -2.22. The Morgan fingerprint density at radius 3 is 2.45 bits per heavy atom. The van der Waals surface area contributed by atoms with Crippen LogP contribution in [0.5, 0.6) is 0 Å². The van der Waals surface area contributed by atoms with Crippen molar-refractivity contribution < 1.29 is 4.79 Å². The first-order valence-electron chi connectivity index (χ1n) is 11.2. The average Bonchev–Trinajstić information content (AvgIpc) is 3.11. The number of amides is 1. The van der Waals surface area contributed by atoms with Gasteiger partial charge < -0.3 is 15.5 Å². The number of rotatable bonds is 9. The molecular formula is C24H38N6O. The minimum atomic E-state index is -0.0325. The first-order valence-corrected chi connectivity index (χ1v) is 11.2. The lowest BCUT2D eigenvalue weighted by Crippen LogP contribution is -2.38. The molecule has 7 nitrogen and oxygen atoms in total. The van der Waals surface area contributed by atoms with E-state index in [9.17, 15) is 4.79 Å². The highest BCUT2D eigenvalue weighted by Gasteiger charge is 2.15. The van der Waals surface area contributed by atoms with Gasteiger partial charge in [-0.3, -0.25) is 9.48 Å². The summed E-state index contributed by atoms with van der Waals surface area (Å²) in [5.41, 5.74) is 4.07. The summed E-state index contributed by atoms with van der Waals surface area (Å²) >= 11 is 0. The van der Waals surface area contributed by atoms with Crippen molar-refractivity contribution in [2.24, 2.45) is 12.0 Å². The topological polar surface area (TPSA) is 74.6 Å². The molecule has 0 fully saturated rings. The zero-order valence-electron chi connectivity index (χ0n) is 20.1. The second-order valence-electron chi connectivity index (χ2n) is 8.37. The average molecular weight is 427 g/mol. The molecule has 31 heavy (non-hydrogen) atoms. The number of nitrogens with one attached hydrogen (secondary N) is 2. The van der Waals surface area contributed by atoms with Crippen LogP contribution in [0.2, 0.25) is 0 Å². The molecule has 0 spiro atoms. The Hall–Kier alpha value is -2.83. The van der Waals surface area contributed by atoms with Crippen LogP contribution in [-0.4, -0.2) is 46.2 Å². The largest absolute Gasteiger partial charge is 0.357 e. The van der Waals surface area contributed by atoms with E-state index in [1.165, 1.54) is 5.56 Å². The molecule has 1 atom stereocenters. The number of hydrogen-bond acceptors (Lipinski definition) is 3. The van der Waals surface area contributed by atoms with E-state index in [0.717, 1.165) is 36.7 Å². The Labute approximate surface area is 186 Å². The lowest BCUT2D eigenvalue weighted by molar-refractivity contribution is 0.0939. The lowest BCUT2D eigenvalue weighted by atomic mass is 10.1. The number of aliphatic imine (C=N–C) groups is 1. The molecule has 0 aliphatic carbocycles. The van der Waals surface area contributed by atoms with Crippen LogP contribution in [0, 0.1) is 0 Å². The predicted molar refractivity (Wildman–Crippen MR) is 127 cm³/mol. The van der Waals surface area contributed by atoms with Gasteiger partial charge in [0, 0.05) is 50.6 Å². The molecule has 1 aromatic heterocycles. The number of carbonyl (C=O) groups is 1. The third-order valence-corrected chi connectivity index (χ3v) is 5.21. The van der Waals surface area contributed by atoms with Crippen LogP contribution in [0.25, 0.3) is 0 Å². The first kappa shape index (κ1) is 24.4. The van der Waals surface area contributed by atoms with Crippen molar-refractivity contribution in [3.63, 3.8) is 0 Å². The smallest absolute Gasteiger partial charge is 0.251 e. The van der Waals surface area contributed by atoms with E-state index >= 15 is 0 Å². The molecule has 2 N–H and O–H groups in total. The molecule has 1 amide bonds. The highest BCUT2D eigenvalue weighted by atomic mass is 16.1. The maximum atomic E-state index is 12.3. The van der Waals surface area contributed by atoms with Crippen LogP contribution in [0.1, 0.15) is 74.1 Å². The number of aromatic nitrogens is 2. The number of benzene rings is 1. The summed E-state index contributed by atoms with van der Waals surface area (Å²) in [5.74, 6) is 1.19. The summed E-state index contributed by atoms with van der Waals surface area (Å²) in [7, 11) is 4.00. The summed E-state index contributed by atoms with van der Waals surface area (Å²) in [5, 5.41) is 11.0. The minimum Gasteiger partial charge on any atom is -0.357 e. The summed E-state index contributed by atoms with van der Waals surface area (Å²) in [6, 6.07) is 7.84. The van der Waals surface area contributed by atoms with E-state index in [1.807, 2.05) is 50.0 Å². The van der Waals surface area contributed by atoms with Crippen molar-refractivity contribution in [1.82, 2.24) is 25.3 Å². The monoisotopic (exact) mass is 426 g/mol. The van der Waals surface area contributed by atoms with E-state index < -0.39 is 0 Å². The fourth-order valence-electron chi connectivity index (χ4n) is 3.30. The zero-order valence-corrected chi connectivity index (χ0v) is 20.1. The van der Waals surface area contributed by atoms with E-state index in [2.05, 4.69) is 54.5 Å². The van der Waals surface area contributed by atoms with Gasteiger partial charge in [-0.2, -0.15) is 5.10 Å². The maximum absolute atomic E-state index is 12.3. The maximum Gasteiger partial charge on any atom is 0.251 e. The molecule has 0 radical (unpaired) electrons. The van der Waals surface area contributed by atoms with Crippen LogP contribution >= 0.6 is 0 Å². The molecular weight excluding hydrogens is 388 g/mol. The standard InChI is InChI=1S/C24H38N6O/c1-8-18(5)27-23(31)20-12-10-19(11-13-20)14-26-24(25-9-2)29(6)15-21-16-30(7)28-22(21)17(3)4/h10-13,16-18H,8-9,14-15H2,1-7H3,(H,25,26)(H,27,31). The number of guanidine groups is 1. The molecule has 2 rings (SSSR count). The van der Waals surface area contributed by atoms with Gasteiger partial charge in [0.15, 0.2) is 5.96 Å². The fourth-order valence-corrected chi connectivity index (χ4v) is 3.30. The molecule has 0 saturated heterocycles. The first-order chi connectivity index (χ1) is 14.7. The summed E-state index contributed by atoms with van der Waals surface area (Å²) in [4.78, 5) is 19.2. The van der Waals surface area contributed by atoms with Gasteiger partial charge in [-0.1, -0.05) is 32.9 Å². The van der Waals surface area contributed by atoms with Crippen molar-refractivity contribution >= 4 is 11.9 Å². The number of nitrogens with zero attached hydrogens (tertiary/aromatic N) is 4. The molecule has 0 aliphatic heterocycles. The predicted octanol–water partition coefficient (Wildman–Crippen LogP) is 3.67. The second kappa shape index (κ2) is 11.5. The highest BCUT2D eigenvalue weighted by Crippen LogP contribution is 2.18. The molecule has 7 heteroatoms. The number of aryl methyl sites for hydroxylation is 1. The summed E-state index contributed by atoms with van der Waals surface area (Å²) in [6.07, 6.45) is 3.00. The van der Waals surface area contributed by atoms with Crippen molar-refractivity contribution in [2.75, 3.05) is 13.6 Å². The van der Waals surface area contributed by atoms with Gasteiger partial charge in [-0.05, 0) is 43.9 Å². The van der Waals surface area contributed by atoms with Gasteiger partial charge in [0.2, 0.25) is 0 Å².